The van der Waals surface area contributed by atoms with Crippen LogP contribution in [0, 0.1) is 6.92 Å². The minimum absolute atomic E-state index is 0.0136. The molecule has 0 unspecified atom stereocenters. The molecule has 5 nitrogen and oxygen atoms in total. The summed E-state index contributed by atoms with van der Waals surface area (Å²) < 4.78 is 1.63. The van der Waals surface area contributed by atoms with Crippen molar-refractivity contribution in [3.63, 3.8) is 0 Å². The summed E-state index contributed by atoms with van der Waals surface area (Å²) in [5.41, 5.74) is 7.26. The van der Waals surface area contributed by atoms with Gasteiger partial charge in [-0.3, -0.25) is 14.6 Å². The number of pyridine rings is 2. The Morgan fingerprint density at radius 2 is 1.89 bits per heavy atom. The third kappa shape index (κ3) is 3.28. The van der Waals surface area contributed by atoms with Gasteiger partial charge in [0.2, 0.25) is 5.91 Å². The van der Waals surface area contributed by atoms with Crippen LogP contribution < -0.4 is 10.9 Å². The molecule has 0 radical (unpaired) electrons. The molecule has 0 saturated carbocycles. The number of nitrogens with one attached hydrogen (secondary N) is 1. The van der Waals surface area contributed by atoms with Gasteiger partial charge < -0.3 is 9.88 Å². The smallest absolute Gasteiger partial charge is 0.253 e. The molecule has 1 aromatic carbocycles. The highest BCUT2D eigenvalue weighted by Gasteiger charge is 2.21. The average Bonchev–Trinajstić information content (AvgIpc) is 2.66. The highest BCUT2D eigenvalue weighted by atomic mass is 16.1. The molecule has 4 rings (SSSR count). The van der Waals surface area contributed by atoms with Crippen molar-refractivity contribution in [2.45, 2.75) is 26.2 Å². The van der Waals surface area contributed by atoms with Gasteiger partial charge in [-0.05, 0) is 71.8 Å². The van der Waals surface area contributed by atoms with E-state index in [1.54, 1.807) is 24.0 Å². The van der Waals surface area contributed by atoms with Gasteiger partial charge in [-0.15, -0.1) is 0 Å². The van der Waals surface area contributed by atoms with Crippen molar-refractivity contribution in [1.29, 1.82) is 0 Å². The van der Waals surface area contributed by atoms with Gasteiger partial charge in [-0.1, -0.05) is 6.07 Å². The quantitative estimate of drug-likeness (QED) is 0.781. The van der Waals surface area contributed by atoms with Crippen molar-refractivity contribution in [3.05, 3.63) is 81.5 Å². The van der Waals surface area contributed by atoms with Gasteiger partial charge >= 0.3 is 0 Å². The maximum absolute atomic E-state index is 12.1. The number of aryl methyl sites for hydroxylation is 2. The minimum atomic E-state index is 0.0136. The Labute approximate surface area is 157 Å². The van der Waals surface area contributed by atoms with Crippen LogP contribution in [0.1, 0.15) is 28.7 Å². The van der Waals surface area contributed by atoms with Crippen LogP contribution in [-0.2, 0) is 24.7 Å². The SMILES string of the molecule is Cc1cc(-c2ccc3c(c2Cc2ccncc2)CCC(=O)N3)cn(C)c1=O. The Morgan fingerprint density at radius 3 is 2.63 bits per heavy atom. The fourth-order valence-corrected chi connectivity index (χ4v) is 3.75. The van der Waals surface area contributed by atoms with Crippen molar-refractivity contribution in [2.24, 2.45) is 7.05 Å². The summed E-state index contributed by atoms with van der Waals surface area (Å²) >= 11 is 0. The molecule has 3 aromatic rings. The predicted octanol–water partition coefficient (Wildman–Crippen LogP) is 3.23. The second-order valence-corrected chi connectivity index (χ2v) is 7.03. The van der Waals surface area contributed by atoms with E-state index in [2.05, 4.69) is 10.3 Å². The average molecular weight is 359 g/mol. The summed E-state index contributed by atoms with van der Waals surface area (Å²) in [5.74, 6) is 0.0584. The second-order valence-electron chi connectivity index (χ2n) is 7.03. The van der Waals surface area contributed by atoms with E-state index in [0.717, 1.165) is 40.8 Å². The number of hydrogen-bond donors (Lipinski definition) is 1. The van der Waals surface area contributed by atoms with Crippen LogP contribution >= 0.6 is 0 Å². The fraction of sp³-hybridized carbons (Fsp3) is 0.227. The van der Waals surface area contributed by atoms with Gasteiger partial charge in [0.15, 0.2) is 0 Å². The minimum Gasteiger partial charge on any atom is -0.326 e. The lowest BCUT2D eigenvalue weighted by molar-refractivity contribution is -0.116. The van der Waals surface area contributed by atoms with E-state index in [1.807, 2.05) is 43.5 Å². The van der Waals surface area contributed by atoms with Gasteiger partial charge in [-0.25, -0.2) is 0 Å². The molecule has 0 bridgehead atoms. The molecule has 0 aliphatic carbocycles. The monoisotopic (exact) mass is 359 g/mol. The number of carbonyl (C=O) groups is 1. The van der Waals surface area contributed by atoms with Crippen molar-refractivity contribution >= 4 is 11.6 Å². The zero-order valence-electron chi connectivity index (χ0n) is 15.5. The van der Waals surface area contributed by atoms with Crippen molar-refractivity contribution in [2.75, 3.05) is 5.32 Å². The summed E-state index contributed by atoms with van der Waals surface area (Å²) in [7, 11) is 1.78. The molecular weight excluding hydrogens is 338 g/mol. The maximum atomic E-state index is 12.1. The number of aromatic nitrogens is 2. The molecular formula is C22H21N3O2. The fourth-order valence-electron chi connectivity index (χ4n) is 3.75. The number of rotatable bonds is 3. The van der Waals surface area contributed by atoms with E-state index >= 15 is 0 Å². The Hall–Kier alpha value is -3.21. The Balaban J connectivity index is 1.91. The highest BCUT2D eigenvalue weighted by Crippen LogP contribution is 2.35. The van der Waals surface area contributed by atoms with E-state index < -0.39 is 0 Å². The standard InChI is InChI=1S/C22H21N3O2/c1-14-11-16(13-25(2)22(14)27)17-3-5-20-18(4-6-21(26)24-20)19(17)12-15-7-9-23-10-8-15/h3,5,7-11,13H,4,6,12H2,1-2H3,(H,24,26). The zero-order chi connectivity index (χ0) is 19.0. The van der Waals surface area contributed by atoms with Gasteiger partial charge in [0, 0.05) is 43.3 Å². The lowest BCUT2D eigenvalue weighted by Gasteiger charge is -2.23. The molecule has 0 fully saturated rings. The molecule has 1 aliphatic rings. The summed E-state index contributed by atoms with van der Waals surface area (Å²) in [6, 6.07) is 9.98. The lowest BCUT2D eigenvalue weighted by atomic mass is 9.87. The number of nitrogens with zero attached hydrogens (tertiary/aromatic N) is 2. The first-order valence-electron chi connectivity index (χ1n) is 9.04. The van der Waals surface area contributed by atoms with E-state index in [9.17, 15) is 9.59 Å². The lowest BCUT2D eigenvalue weighted by Crippen LogP contribution is -2.21. The highest BCUT2D eigenvalue weighted by molar-refractivity contribution is 5.95. The molecule has 1 N–H and O–H groups in total. The zero-order valence-corrected chi connectivity index (χ0v) is 15.5. The van der Waals surface area contributed by atoms with E-state index in [1.165, 1.54) is 11.1 Å². The Kier molecular flexibility index (Phi) is 4.36. The predicted molar refractivity (Wildman–Crippen MR) is 106 cm³/mol. The molecule has 3 heterocycles. The van der Waals surface area contributed by atoms with E-state index in [-0.39, 0.29) is 11.5 Å². The van der Waals surface area contributed by atoms with Crippen LogP contribution in [-0.4, -0.2) is 15.5 Å². The first-order chi connectivity index (χ1) is 13.0. The number of fused-ring (bicyclic) bond motifs is 1. The third-order valence-electron chi connectivity index (χ3n) is 5.11. The molecule has 0 spiro atoms. The molecule has 2 aromatic heterocycles. The molecule has 1 amide bonds. The largest absolute Gasteiger partial charge is 0.326 e. The first-order valence-corrected chi connectivity index (χ1v) is 9.04. The van der Waals surface area contributed by atoms with Crippen LogP contribution in [0.4, 0.5) is 5.69 Å². The number of carbonyl (C=O) groups excluding carboxylic acids is 1. The van der Waals surface area contributed by atoms with E-state index in [0.29, 0.717) is 6.42 Å². The molecule has 5 heteroatoms. The number of hydrogen-bond acceptors (Lipinski definition) is 3. The summed E-state index contributed by atoms with van der Waals surface area (Å²) in [6.45, 7) is 1.84. The van der Waals surface area contributed by atoms with Gasteiger partial charge in [-0.2, -0.15) is 0 Å². The van der Waals surface area contributed by atoms with Crippen molar-refractivity contribution in [1.82, 2.24) is 9.55 Å². The first kappa shape index (κ1) is 17.2. The van der Waals surface area contributed by atoms with Crippen LogP contribution in [0.2, 0.25) is 0 Å². The Morgan fingerprint density at radius 1 is 1.11 bits per heavy atom. The van der Waals surface area contributed by atoms with Crippen LogP contribution in [0.5, 0.6) is 0 Å². The number of amides is 1. The summed E-state index contributed by atoms with van der Waals surface area (Å²) in [5, 5.41) is 2.99. The molecule has 27 heavy (non-hydrogen) atoms. The Bertz CT molecular complexity index is 1060. The third-order valence-corrected chi connectivity index (χ3v) is 5.11. The maximum Gasteiger partial charge on any atom is 0.253 e. The van der Waals surface area contributed by atoms with Crippen molar-refractivity contribution < 1.29 is 4.79 Å². The van der Waals surface area contributed by atoms with Crippen LogP contribution in [0.15, 0.2) is 53.7 Å². The normalized spacial score (nSPS) is 13.2. The second kappa shape index (κ2) is 6.83. The van der Waals surface area contributed by atoms with Gasteiger partial charge in [0.1, 0.15) is 0 Å². The molecule has 1 aliphatic heterocycles. The van der Waals surface area contributed by atoms with E-state index in [4.69, 9.17) is 0 Å². The molecule has 0 saturated heterocycles. The summed E-state index contributed by atoms with van der Waals surface area (Å²) in [6.07, 6.45) is 7.44. The molecule has 136 valence electrons. The number of anilines is 1. The van der Waals surface area contributed by atoms with Gasteiger partial charge in [0.05, 0.1) is 0 Å². The summed E-state index contributed by atoms with van der Waals surface area (Å²) in [4.78, 5) is 28.0. The topological polar surface area (TPSA) is 64.0 Å². The van der Waals surface area contributed by atoms with Crippen LogP contribution in [0.25, 0.3) is 11.1 Å². The van der Waals surface area contributed by atoms with Gasteiger partial charge in [0.25, 0.3) is 5.56 Å². The van der Waals surface area contributed by atoms with Crippen molar-refractivity contribution in [3.8, 4) is 11.1 Å². The number of benzene rings is 1. The van der Waals surface area contributed by atoms with Crippen LogP contribution in [0.3, 0.4) is 0 Å². The molecule has 0 atom stereocenters.